The number of morpholine rings is 1. The second-order valence-corrected chi connectivity index (χ2v) is 6.01. The molecule has 1 aliphatic rings. The van der Waals surface area contributed by atoms with E-state index >= 15 is 0 Å². The minimum absolute atomic E-state index is 0.723. The lowest BCUT2D eigenvalue weighted by Crippen LogP contribution is -2.39. The molecule has 1 aromatic carbocycles. The standard InChI is InChI=1S/C15H22BrNO2/c1-2-15(18,13-3-5-14(16)6-4-13)7-8-17-9-11-19-12-10-17/h3-6,18H,2,7-12H2,1H3/t15-/m0/s1. The fourth-order valence-electron chi connectivity index (χ4n) is 2.45. The number of nitrogens with zero attached hydrogens (tertiary/aromatic N) is 1. The molecule has 106 valence electrons. The van der Waals surface area contributed by atoms with Crippen LogP contribution in [0.15, 0.2) is 28.7 Å². The van der Waals surface area contributed by atoms with E-state index in [1.807, 2.05) is 31.2 Å². The molecule has 0 unspecified atom stereocenters. The lowest BCUT2D eigenvalue weighted by atomic mass is 9.88. The fraction of sp³-hybridized carbons (Fsp3) is 0.600. The number of hydrogen-bond acceptors (Lipinski definition) is 3. The van der Waals surface area contributed by atoms with Gasteiger partial charge in [0.2, 0.25) is 0 Å². The lowest BCUT2D eigenvalue weighted by molar-refractivity contribution is -0.00693. The van der Waals surface area contributed by atoms with E-state index in [-0.39, 0.29) is 0 Å². The van der Waals surface area contributed by atoms with E-state index in [1.54, 1.807) is 0 Å². The van der Waals surface area contributed by atoms with Crippen LogP contribution in [0.1, 0.15) is 25.3 Å². The lowest BCUT2D eigenvalue weighted by Gasteiger charge is -2.32. The van der Waals surface area contributed by atoms with Gasteiger partial charge in [-0.2, -0.15) is 0 Å². The summed E-state index contributed by atoms with van der Waals surface area (Å²) in [4.78, 5) is 2.36. The molecule has 0 spiro atoms. The molecule has 1 saturated heterocycles. The molecular formula is C15H22BrNO2. The topological polar surface area (TPSA) is 32.7 Å². The van der Waals surface area contributed by atoms with Crippen LogP contribution in [0.4, 0.5) is 0 Å². The quantitative estimate of drug-likeness (QED) is 0.902. The van der Waals surface area contributed by atoms with Crippen molar-refractivity contribution in [2.75, 3.05) is 32.8 Å². The number of halogens is 1. The molecule has 1 heterocycles. The largest absolute Gasteiger partial charge is 0.385 e. The van der Waals surface area contributed by atoms with Crippen LogP contribution >= 0.6 is 15.9 Å². The number of benzene rings is 1. The fourth-order valence-corrected chi connectivity index (χ4v) is 2.72. The summed E-state index contributed by atoms with van der Waals surface area (Å²) in [5, 5.41) is 10.8. The second-order valence-electron chi connectivity index (χ2n) is 5.10. The van der Waals surface area contributed by atoms with Crippen LogP contribution in [0, 0.1) is 0 Å². The highest BCUT2D eigenvalue weighted by atomic mass is 79.9. The molecule has 0 bridgehead atoms. The van der Waals surface area contributed by atoms with Gasteiger partial charge in [0, 0.05) is 24.1 Å². The Hall–Kier alpha value is -0.420. The van der Waals surface area contributed by atoms with Gasteiger partial charge in [-0.15, -0.1) is 0 Å². The van der Waals surface area contributed by atoms with Gasteiger partial charge in [-0.05, 0) is 30.5 Å². The predicted molar refractivity (Wildman–Crippen MR) is 80.2 cm³/mol. The third-order valence-electron chi connectivity index (χ3n) is 3.91. The van der Waals surface area contributed by atoms with Crippen molar-refractivity contribution in [3.05, 3.63) is 34.3 Å². The van der Waals surface area contributed by atoms with Gasteiger partial charge in [0.05, 0.1) is 18.8 Å². The van der Waals surface area contributed by atoms with E-state index in [2.05, 4.69) is 20.8 Å². The minimum Gasteiger partial charge on any atom is -0.385 e. The van der Waals surface area contributed by atoms with Gasteiger partial charge in [-0.3, -0.25) is 4.90 Å². The first-order valence-corrected chi connectivity index (χ1v) is 7.72. The molecule has 0 aliphatic carbocycles. The Morgan fingerprint density at radius 3 is 2.47 bits per heavy atom. The van der Waals surface area contributed by atoms with Crippen LogP contribution in [-0.4, -0.2) is 42.9 Å². The molecule has 1 atom stereocenters. The van der Waals surface area contributed by atoms with Gasteiger partial charge in [-0.1, -0.05) is 35.0 Å². The van der Waals surface area contributed by atoms with Gasteiger partial charge < -0.3 is 9.84 Å². The Kier molecular flexibility index (Phi) is 5.39. The van der Waals surface area contributed by atoms with Crippen LogP contribution < -0.4 is 0 Å². The molecule has 1 N–H and O–H groups in total. The predicted octanol–water partition coefficient (Wildman–Crippen LogP) is 2.77. The summed E-state index contributed by atoms with van der Waals surface area (Å²) in [6.45, 7) is 6.52. The number of aliphatic hydroxyl groups is 1. The highest BCUT2D eigenvalue weighted by Gasteiger charge is 2.27. The van der Waals surface area contributed by atoms with Crippen molar-refractivity contribution in [1.29, 1.82) is 0 Å². The molecule has 1 fully saturated rings. The van der Waals surface area contributed by atoms with Gasteiger partial charge in [0.1, 0.15) is 0 Å². The first-order chi connectivity index (χ1) is 9.14. The van der Waals surface area contributed by atoms with Crippen LogP contribution in [0.3, 0.4) is 0 Å². The molecule has 0 amide bonds. The molecule has 0 saturated carbocycles. The number of ether oxygens (including phenoxy) is 1. The maximum atomic E-state index is 10.8. The van der Waals surface area contributed by atoms with E-state index in [0.717, 1.165) is 55.7 Å². The van der Waals surface area contributed by atoms with Gasteiger partial charge in [-0.25, -0.2) is 0 Å². The van der Waals surface area contributed by atoms with Crippen molar-refractivity contribution < 1.29 is 9.84 Å². The Bertz CT molecular complexity index is 390. The normalized spacial score (nSPS) is 20.2. The monoisotopic (exact) mass is 327 g/mol. The molecule has 19 heavy (non-hydrogen) atoms. The summed E-state index contributed by atoms with van der Waals surface area (Å²) in [6.07, 6.45) is 1.50. The zero-order valence-corrected chi connectivity index (χ0v) is 13.0. The number of rotatable bonds is 5. The van der Waals surface area contributed by atoms with Crippen molar-refractivity contribution in [1.82, 2.24) is 4.90 Å². The van der Waals surface area contributed by atoms with Gasteiger partial charge in [0.15, 0.2) is 0 Å². The van der Waals surface area contributed by atoms with Crippen LogP contribution in [0.5, 0.6) is 0 Å². The first kappa shape index (κ1) is 15.0. The van der Waals surface area contributed by atoms with Crippen LogP contribution in [-0.2, 0) is 10.3 Å². The molecule has 4 heteroatoms. The highest BCUT2D eigenvalue weighted by molar-refractivity contribution is 9.10. The highest BCUT2D eigenvalue weighted by Crippen LogP contribution is 2.30. The van der Waals surface area contributed by atoms with E-state index in [9.17, 15) is 5.11 Å². The van der Waals surface area contributed by atoms with Crippen LogP contribution in [0.25, 0.3) is 0 Å². The van der Waals surface area contributed by atoms with Crippen molar-refractivity contribution in [2.24, 2.45) is 0 Å². The van der Waals surface area contributed by atoms with Crippen molar-refractivity contribution in [3.8, 4) is 0 Å². The van der Waals surface area contributed by atoms with Gasteiger partial charge in [0.25, 0.3) is 0 Å². The molecule has 1 aliphatic heterocycles. The average molecular weight is 328 g/mol. The summed E-state index contributed by atoms with van der Waals surface area (Å²) in [5.74, 6) is 0. The Morgan fingerprint density at radius 1 is 1.26 bits per heavy atom. The zero-order valence-electron chi connectivity index (χ0n) is 11.4. The number of hydrogen-bond donors (Lipinski definition) is 1. The second kappa shape index (κ2) is 6.84. The molecule has 2 rings (SSSR count). The summed E-state index contributed by atoms with van der Waals surface area (Å²) in [6, 6.07) is 8.00. The maximum absolute atomic E-state index is 10.8. The maximum Gasteiger partial charge on any atom is 0.0906 e. The summed E-state index contributed by atoms with van der Waals surface area (Å²) in [7, 11) is 0. The van der Waals surface area contributed by atoms with Crippen molar-refractivity contribution >= 4 is 15.9 Å². The zero-order chi connectivity index (χ0) is 13.7. The van der Waals surface area contributed by atoms with E-state index in [0.29, 0.717) is 0 Å². The molecule has 0 aromatic heterocycles. The van der Waals surface area contributed by atoms with E-state index in [4.69, 9.17) is 4.74 Å². The summed E-state index contributed by atoms with van der Waals surface area (Å²) >= 11 is 3.43. The van der Waals surface area contributed by atoms with Crippen molar-refractivity contribution in [3.63, 3.8) is 0 Å². The third kappa shape index (κ3) is 4.02. The Morgan fingerprint density at radius 2 is 1.89 bits per heavy atom. The van der Waals surface area contributed by atoms with Gasteiger partial charge >= 0.3 is 0 Å². The van der Waals surface area contributed by atoms with E-state index in [1.165, 1.54) is 0 Å². The Labute approximate surface area is 123 Å². The third-order valence-corrected chi connectivity index (χ3v) is 4.44. The Balaban J connectivity index is 1.98. The summed E-state index contributed by atoms with van der Waals surface area (Å²) < 4.78 is 6.39. The molecule has 1 aromatic rings. The smallest absolute Gasteiger partial charge is 0.0906 e. The van der Waals surface area contributed by atoms with Crippen molar-refractivity contribution in [2.45, 2.75) is 25.4 Å². The molecule has 3 nitrogen and oxygen atoms in total. The summed E-state index contributed by atoms with van der Waals surface area (Å²) in [5.41, 5.74) is 0.283. The SMILES string of the molecule is CC[C@](O)(CCN1CCOCC1)c1ccc(Br)cc1. The van der Waals surface area contributed by atoms with E-state index < -0.39 is 5.60 Å². The van der Waals surface area contributed by atoms with Crippen LogP contribution in [0.2, 0.25) is 0 Å². The molecule has 0 radical (unpaired) electrons. The first-order valence-electron chi connectivity index (χ1n) is 6.92. The molecular weight excluding hydrogens is 306 g/mol. The minimum atomic E-state index is -0.723. The average Bonchev–Trinajstić information content (AvgIpc) is 2.46.